The number of anilines is 1. The fourth-order valence-corrected chi connectivity index (χ4v) is 3.43. The first-order valence-electron chi connectivity index (χ1n) is 8.01. The van der Waals surface area contributed by atoms with Crippen LogP contribution < -0.4 is 10.2 Å². The summed E-state index contributed by atoms with van der Waals surface area (Å²) in [6.07, 6.45) is 3.96. The summed E-state index contributed by atoms with van der Waals surface area (Å²) in [5.74, 6) is 2.00. The van der Waals surface area contributed by atoms with Crippen LogP contribution in [0.1, 0.15) is 49.9 Å². The van der Waals surface area contributed by atoms with Gasteiger partial charge in [0.25, 0.3) is 0 Å². The van der Waals surface area contributed by atoms with E-state index in [0.717, 1.165) is 30.7 Å². The zero-order valence-electron chi connectivity index (χ0n) is 13.2. The lowest BCUT2D eigenvalue weighted by Crippen LogP contribution is -2.30. The van der Waals surface area contributed by atoms with Crippen molar-refractivity contribution >= 4 is 5.82 Å². The van der Waals surface area contributed by atoms with Gasteiger partial charge in [-0.25, -0.2) is 4.98 Å². The Kier molecular flexibility index (Phi) is 3.72. The molecule has 0 bridgehead atoms. The van der Waals surface area contributed by atoms with Crippen LogP contribution in [0.5, 0.6) is 0 Å². The van der Waals surface area contributed by atoms with Crippen LogP contribution in [0.3, 0.4) is 0 Å². The molecule has 1 aliphatic carbocycles. The van der Waals surface area contributed by atoms with E-state index in [0.29, 0.717) is 6.04 Å². The van der Waals surface area contributed by atoms with Crippen molar-refractivity contribution in [2.45, 2.75) is 65.6 Å². The topological polar surface area (TPSA) is 28.2 Å². The molecule has 20 heavy (non-hydrogen) atoms. The van der Waals surface area contributed by atoms with E-state index in [-0.39, 0.29) is 0 Å². The molecule has 110 valence electrons. The van der Waals surface area contributed by atoms with Crippen LogP contribution in [0, 0.1) is 19.8 Å². The molecule has 2 fully saturated rings. The van der Waals surface area contributed by atoms with E-state index in [1.54, 1.807) is 0 Å². The van der Waals surface area contributed by atoms with E-state index in [1.807, 2.05) is 0 Å². The van der Waals surface area contributed by atoms with Gasteiger partial charge in [0, 0.05) is 36.4 Å². The van der Waals surface area contributed by atoms with Gasteiger partial charge in [-0.15, -0.1) is 0 Å². The Balaban J connectivity index is 1.90. The van der Waals surface area contributed by atoms with E-state index in [9.17, 15) is 0 Å². The van der Waals surface area contributed by atoms with Gasteiger partial charge in [-0.2, -0.15) is 0 Å². The Morgan fingerprint density at radius 3 is 2.65 bits per heavy atom. The Bertz CT molecular complexity index is 493. The molecule has 0 amide bonds. The number of pyridine rings is 1. The van der Waals surface area contributed by atoms with Crippen molar-refractivity contribution < 1.29 is 0 Å². The monoisotopic (exact) mass is 273 g/mol. The summed E-state index contributed by atoms with van der Waals surface area (Å²) in [6.45, 7) is 11.1. The van der Waals surface area contributed by atoms with Crippen LogP contribution in [0.2, 0.25) is 0 Å². The van der Waals surface area contributed by atoms with E-state index in [4.69, 9.17) is 4.98 Å². The highest BCUT2D eigenvalue weighted by atomic mass is 15.2. The number of hydrogen-bond donors (Lipinski definition) is 1. The van der Waals surface area contributed by atoms with Gasteiger partial charge in [-0.05, 0) is 57.6 Å². The minimum Gasteiger partial charge on any atom is -0.353 e. The summed E-state index contributed by atoms with van der Waals surface area (Å²) in [7, 11) is 0. The third-order valence-corrected chi connectivity index (χ3v) is 4.65. The van der Waals surface area contributed by atoms with Crippen molar-refractivity contribution in [2.75, 3.05) is 11.4 Å². The van der Waals surface area contributed by atoms with Gasteiger partial charge in [-0.3, -0.25) is 0 Å². The summed E-state index contributed by atoms with van der Waals surface area (Å²) in [4.78, 5) is 7.41. The third kappa shape index (κ3) is 2.83. The number of nitrogens with zero attached hydrogens (tertiary/aromatic N) is 2. The van der Waals surface area contributed by atoms with Crippen molar-refractivity contribution in [3.63, 3.8) is 0 Å². The summed E-state index contributed by atoms with van der Waals surface area (Å²) in [6, 6.07) is 3.58. The first-order chi connectivity index (χ1) is 9.54. The summed E-state index contributed by atoms with van der Waals surface area (Å²) >= 11 is 0. The van der Waals surface area contributed by atoms with Gasteiger partial charge >= 0.3 is 0 Å². The SMILES string of the molecule is Cc1cc(C)c(CNC2CC2)c(N2CC(C)CC2C)n1. The zero-order valence-corrected chi connectivity index (χ0v) is 13.2. The smallest absolute Gasteiger partial charge is 0.133 e. The second kappa shape index (κ2) is 5.36. The Hall–Kier alpha value is -1.09. The maximum Gasteiger partial charge on any atom is 0.133 e. The molecule has 3 nitrogen and oxygen atoms in total. The number of rotatable bonds is 4. The van der Waals surface area contributed by atoms with Crippen LogP contribution in [-0.4, -0.2) is 23.6 Å². The molecule has 3 heteroatoms. The minimum absolute atomic E-state index is 0.610. The normalized spacial score (nSPS) is 26.3. The second-order valence-electron chi connectivity index (χ2n) is 6.88. The third-order valence-electron chi connectivity index (χ3n) is 4.65. The number of aryl methyl sites for hydroxylation is 2. The highest BCUT2D eigenvalue weighted by molar-refractivity contribution is 5.53. The minimum atomic E-state index is 0.610. The fraction of sp³-hybridized carbons (Fsp3) is 0.706. The summed E-state index contributed by atoms with van der Waals surface area (Å²) < 4.78 is 0. The molecular weight excluding hydrogens is 246 g/mol. The molecule has 2 unspecified atom stereocenters. The van der Waals surface area contributed by atoms with Crippen molar-refractivity contribution in [2.24, 2.45) is 5.92 Å². The average molecular weight is 273 g/mol. The summed E-state index contributed by atoms with van der Waals surface area (Å²) in [5.41, 5.74) is 3.93. The van der Waals surface area contributed by atoms with Crippen molar-refractivity contribution in [1.29, 1.82) is 0 Å². The lowest BCUT2D eigenvalue weighted by atomic mass is 10.1. The second-order valence-corrected chi connectivity index (χ2v) is 6.88. The first kappa shape index (κ1) is 13.9. The zero-order chi connectivity index (χ0) is 14.3. The maximum atomic E-state index is 4.89. The van der Waals surface area contributed by atoms with Crippen LogP contribution in [-0.2, 0) is 6.54 Å². The van der Waals surface area contributed by atoms with Crippen LogP contribution in [0.4, 0.5) is 5.82 Å². The highest BCUT2D eigenvalue weighted by Crippen LogP contribution is 2.32. The first-order valence-corrected chi connectivity index (χ1v) is 8.01. The van der Waals surface area contributed by atoms with Gasteiger partial charge in [0.1, 0.15) is 5.82 Å². The lowest BCUT2D eigenvalue weighted by Gasteiger charge is -2.27. The molecule has 1 saturated heterocycles. The molecule has 3 rings (SSSR count). The van der Waals surface area contributed by atoms with Crippen molar-refractivity contribution in [3.8, 4) is 0 Å². The predicted molar refractivity (Wildman–Crippen MR) is 84.2 cm³/mol. The Morgan fingerprint density at radius 2 is 2.05 bits per heavy atom. The molecule has 0 aromatic carbocycles. The lowest BCUT2D eigenvalue weighted by molar-refractivity contribution is 0.624. The van der Waals surface area contributed by atoms with Crippen LogP contribution in [0.25, 0.3) is 0 Å². The van der Waals surface area contributed by atoms with E-state index < -0.39 is 0 Å². The Labute approximate surface area is 122 Å². The quantitative estimate of drug-likeness (QED) is 0.913. The van der Waals surface area contributed by atoms with E-state index >= 15 is 0 Å². The van der Waals surface area contributed by atoms with Gasteiger partial charge < -0.3 is 10.2 Å². The molecule has 1 aliphatic heterocycles. The molecule has 1 aromatic rings. The molecule has 2 aliphatic rings. The number of aromatic nitrogens is 1. The molecule has 1 saturated carbocycles. The average Bonchev–Trinajstić information content (AvgIpc) is 3.12. The Morgan fingerprint density at radius 1 is 1.30 bits per heavy atom. The van der Waals surface area contributed by atoms with Gasteiger partial charge in [0.2, 0.25) is 0 Å². The van der Waals surface area contributed by atoms with E-state index in [1.165, 1.54) is 36.2 Å². The van der Waals surface area contributed by atoms with E-state index in [2.05, 4.69) is 44.0 Å². The molecule has 0 radical (unpaired) electrons. The van der Waals surface area contributed by atoms with Crippen molar-refractivity contribution in [1.82, 2.24) is 10.3 Å². The van der Waals surface area contributed by atoms with Crippen LogP contribution >= 0.6 is 0 Å². The standard InChI is InChI=1S/C17H27N3/c1-11-7-14(4)20(10-11)17-16(9-18-15-5-6-15)12(2)8-13(3)19-17/h8,11,14-15,18H,5-7,9-10H2,1-4H3. The maximum absolute atomic E-state index is 4.89. The summed E-state index contributed by atoms with van der Waals surface area (Å²) in [5, 5.41) is 3.66. The van der Waals surface area contributed by atoms with Gasteiger partial charge in [0.05, 0.1) is 0 Å². The molecule has 2 atom stereocenters. The number of hydrogen-bond acceptors (Lipinski definition) is 3. The molecule has 1 aromatic heterocycles. The predicted octanol–water partition coefficient (Wildman–Crippen LogP) is 3.19. The molecule has 2 heterocycles. The molecular formula is C17H27N3. The number of nitrogens with one attached hydrogen (secondary N) is 1. The largest absolute Gasteiger partial charge is 0.353 e. The highest BCUT2D eigenvalue weighted by Gasteiger charge is 2.30. The van der Waals surface area contributed by atoms with Gasteiger partial charge in [-0.1, -0.05) is 6.92 Å². The molecule has 1 N–H and O–H groups in total. The van der Waals surface area contributed by atoms with Gasteiger partial charge in [0.15, 0.2) is 0 Å². The fourth-order valence-electron chi connectivity index (χ4n) is 3.43. The van der Waals surface area contributed by atoms with Crippen LogP contribution in [0.15, 0.2) is 6.07 Å². The molecule has 0 spiro atoms. The van der Waals surface area contributed by atoms with Crippen molar-refractivity contribution in [3.05, 3.63) is 22.9 Å².